The largest absolute Gasteiger partial charge is 0.311 e. The minimum Gasteiger partial charge on any atom is -0.311 e. The summed E-state index contributed by atoms with van der Waals surface area (Å²) in [5, 5.41) is 3.06. The molecule has 0 spiro atoms. The third kappa shape index (κ3) is 3.14. The van der Waals surface area contributed by atoms with E-state index in [2.05, 4.69) is 16.0 Å². The van der Waals surface area contributed by atoms with Gasteiger partial charge in [0.2, 0.25) is 5.91 Å². The number of amides is 1. The Balaban J connectivity index is 1.69. The molecule has 0 fully saturated rings. The van der Waals surface area contributed by atoms with Crippen molar-refractivity contribution in [1.82, 2.24) is 9.88 Å². The number of aromatic nitrogens is 1. The molecule has 0 bridgehead atoms. The lowest BCUT2D eigenvalue weighted by Crippen LogP contribution is -2.30. The lowest BCUT2D eigenvalue weighted by Gasteiger charge is -2.16. The van der Waals surface area contributed by atoms with Crippen molar-refractivity contribution in [2.24, 2.45) is 0 Å². The van der Waals surface area contributed by atoms with Gasteiger partial charge in [-0.2, -0.15) is 0 Å². The van der Waals surface area contributed by atoms with Gasteiger partial charge in [-0.15, -0.1) is 11.3 Å². The summed E-state index contributed by atoms with van der Waals surface area (Å²) in [5.74, 6) is 0.140. The minimum absolute atomic E-state index is 0.140. The van der Waals surface area contributed by atoms with E-state index in [0.29, 0.717) is 6.42 Å². The van der Waals surface area contributed by atoms with Gasteiger partial charge >= 0.3 is 0 Å². The third-order valence-electron chi connectivity index (χ3n) is 3.57. The van der Waals surface area contributed by atoms with Gasteiger partial charge in [0, 0.05) is 24.2 Å². The normalized spacial score (nSPS) is 13.8. The molecule has 1 aromatic heterocycles. The molecule has 1 aliphatic rings. The highest BCUT2D eigenvalue weighted by Gasteiger charge is 2.24. The van der Waals surface area contributed by atoms with Crippen LogP contribution in [0.1, 0.15) is 16.3 Å². The maximum absolute atomic E-state index is 12.5. The Morgan fingerprint density at radius 2 is 2.19 bits per heavy atom. The molecule has 5 heteroatoms. The fourth-order valence-electron chi connectivity index (χ4n) is 2.62. The van der Waals surface area contributed by atoms with Crippen LogP contribution in [0.5, 0.6) is 0 Å². The van der Waals surface area contributed by atoms with E-state index in [-0.39, 0.29) is 5.91 Å². The number of carbonyl (C=O) groups excluding carboxylic acids is 1. The van der Waals surface area contributed by atoms with Crippen LogP contribution in [0.4, 0.5) is 5.69 Å². The van der Waals surface area contributed by atoms with Gasteiger partial charge in [0.25, 0.3) is 0 Å². The molecule has 4 nitrogen and oxygen atoms in total. The van der Waals surface area contributed by atoms with E-state index in [0.717, 1.165) is 35.9 Å². The number of nitrogens with zero attached hydrogens (tertiary/aromatic N) is 3. The highest BCUT2D eigenvalue weighted by molar-refractivity contribution is 7.09. The first-order chi connectivity index (χ1) is 10.1. The summed E-state index contributed by atoms with van der Waals surface area (Å²) in [5.41, 5.74) is 3.20. The lowest BCUT2D eigenvalue weighted by atomic mass is 10.2. The van der Waals surface area contributed by atoms with Gasteiger partial charge in [-0.1, -0.05) is 18.2 Å². The maximum Gasteiger partial charge on any atom is 0.233 e. The van der Waals surface area contributed by atoms with Crippen LogP contribution in [0.15, 0.2) is 29.6 Å². The average molecular weight is 301 g/mol. The van der Waals surface area contributed by atoms with Crippen LogP contribution >= 0.6 is 11.3 Å². The number of thiazole rings is 1. The standard InChI is InChI=1S/C16H19N3OS/c1-18(2)10-15-17-13(11-21-15)9-16(20)19-8-7-12-5-3-4-6-14(12)19/h3-6,11H,7-10H2,1-2H3. The molecule has 2 aromatic rings. The maximum atomic E-state index is 12.5. The zero-order chi connectivity index (χ0) is 14.8. The van der Waals surface area contributed by atoms with Crippen molar-refractivity contribution >= 4 is 22.9 Å². The molecular weight excluding hydrogens is 282 g/mol. The van der Waals surface area contributed by atoms with Crippen LogP contribution < -0.4 is 4.90 Å². The Labute approximate surface area is 129 Å². The van der Waals surface area contributed by atoms with Gasteiger partial charge in [-0.05, 0) is 32.1 Å². The summed E-state index contributed by atoms with van der Waals surface area (Å²) in [6.45, 7) is 1.61. The second-order valence-corrected chi connectivity index (χ2v) is 6.51. The summed E-state index contributed by atoms with van der Waals surface area (Å²) in [6.07, 6.45) is 1.34. The highest BCUT2D eigenvalue weighted by atomic mass is 32.1. The van der Waals surface area contributed by atoms with Crippen LogP contribution in [0.2, 0.25) is 0 Å². The van der Waals surface area contributed by atoms with Crippen LogP contribution in [0, 0.1) is 0 Å². The molecule has 21 heavy (non-hydrogen) atoms. The Bertz CT molecular complexity index is 650. The van der Waals surface area contributed by atoms with Gasteiger partial charge in [0.05, 0.1) is 12.1 Å². The first-order valence-corrected chi connectivity index (χ1v) is 7.98. The smallest absolute Gasteiger partial charge is 0.233 e. The molecule has 1 aliphatic heterocycles. The quantitative estimate of drug-likeness (QED) is 0.869. The summed E-state index contributed by atoms with van der Waals surface area (Å²) in [7, 11) is 4.04. The van der Waals surface area contributed by atoms with Gasteiger partial charge in [-0.3, -0.25) is 4.79 Å². The monoisotopic (exact) mass is 301 g/mol. The number of hydrogen-bond donors (Lipinski definition) is 0. The molecule has 2 heterocycles. The molecule has 0 aliphatic carbocycles. The highest BCUT2D eigenvalue weighted by Crippen LogP contribution is 2.28. The average Bonchev–Trinajstić information content (AvgIpc) is 3.04. The van der Waals surface area contributed by atoms with Crippen molar-refractivity contribution in [3.63, 3.8) is 0 Å². The minimum atomic E-state index is 0.140. The van der Waals surface area contributed by atoms with E-state index >= 15 is 0 Å². The molecule has 3 rings (SSSR count). The van der Waals surface area contributed by atoms with Crippen LogP contribution in [0.25, 0.3) is 0 Å². The van der Waals surface area contributed by atoms with Crippen LogP contribution in [-0.2, 0) is 24.2 Å². The zero-order valence-corrected chi connectivity index (χ0v) is 13.2. The van der Waals surface area contributed by atoms with E-state index in [4.69, 9.17) is 0 Å². The summed E-state index contributed by atoms with van der Waals surface area (Å²) in [4.78, 5) is 21.0. The molecule has 0 atom stereocenters. The first kappa shape index (κ1) is 14.2. The van der Waals surface area contributed by atoms with E-state index in [1.807, 2.05) is 42.6 Å². The predicted molar refractivity (Wildman–Crippen MR) is 85.7 cm³/mol. The Morgan fingerprint density at radius 3 is 3.00 bits per heavy atom. The Kier molecular flexibility index (Phi) is 4.03. The van der Waals surface area contributed by atoms with Gasteiger partial charge in [0.15, 0.2) is 0 Å². The molecule has 1 aromatic carbocycles. The molecule has 0 N–H and O–H groups in total. The van der Waals surface area contributed by atoms with Gasteiger partial charge in [0.1, 0.15) is 5.01 Å². The molecule has 0 unspecified atom stereocenters. The number of anilines is 1. The molecule has 0 saturated carbocycles. The molecule has 1 amide bonds. The second kappa shape index (κ2) is 5.95. The number of carbonyl (C=O) groups is 1. The number of fused-ring (bicyclic) bond motifs is 1. The fourth-order valence-corrected chi connectivity index (χ4v) is 3.53. The summed E-state index contributed by atoms with van der Waals surface area (Å²) < 4.78 is 0. The Hall–Kier alpha value is -1.72. The van der Waals surface area contributed by atoms with E-state index in [1.165, 1.54) is 5.56 Å². The van der Waals surface area contributed by atoms with E-state index < -0.39 is 0 Å². The molecule has 110 valence electrons. The zero-order valence-electron chi connectivity index (χ0n) is 12.4. The predicted octanol–water partition coefficient (Wildman–Crippen LogP) is 2.34. The van der Waals surface area contributed by atoms with Crippen molar-refractivity contribution in [1.29, 1.82) is 0 Å². The van der Waals surface area contributed by atoms with Crippen molar-refractivity contribution in [3.8, 4) is 0 Å². The van der Waals surface area contributed by atoms with Gasteiger partial charge in [-0.25, -0.2) is 4.98 Å². The van der Waals surface area contributed by atoms with Gasteiger partial charge < -0.3 is 9.80 Å². The van der Waals surface area contributed by atoms with Crippen molar-refractivity contribution in [3.05, 3.63) is 45.9 Å². The van der Waals surface area contributed by atoms with Crippen molar-refractivity contribution in [2.75, 3.05) is 25.5 Å². The molecule has 0 radical (unpaired) electrons. The van der Waals surface area contributed by atoms with Crippen LogP contribution in [0.3, 0.4) is 0 Å². The van der Waals surface area contributed by atoms with Crippen LogP contribution in [-0.4, -0.2) is 36.4 Å². The lowest BCUT2D eigenvalue weighted by molar-refractivity contribution is -0.117. The van der Waals surface area contributed by atoms with E-state index in [1.54, 1.807) is 11.3 Å². The fraction of sp³-hybridized carbons (Fsp3) is 0.375. The Morgan fingerprint density at radius 1 is 1.38 bits per heavy atom. The number of benzene rings is 1. The molecule has 0 saturated heterocycles. The number of hydrogen-bond acceptors (Lipinski definition) is 4. The summed E-state index contributed by atoms with van der Waals surface area (Å²) >= 11 is 1.62. The van der Waals surface area contributed by atoms with Crippen molar-refractivity contribution < 1.29 is 4.79 Å². The SMILES string of the molecule is CN(C)Cc1nc(CC(=O)N2CCc3ccccc32)cs1. The first-order valence-electron chi connectivity index (χ1n) is 7.10. The summed E-state index contributed by atoms with van der Waals surface area (Å²) in [6, 6.07) is 8.14. The van der Waals surface area contributed by atoms with E-state index in [9.17, 15) is 4.79 Å². The second-order valence-electron chi connectivity index (χ2n) is 5.57. The molecular formula is C16H19N3OS. The number of para-hydroxylation sites is 1. The topological polar surface area (TPSA) is 36.4 Å². The number of rotatable bonds is 4. The third-order valence-corrected chi connectivity index (χ3v) is 4.45. The van der Waals surface area contributed by atoms with Crippen molar-refractivity contribution in [2.45, 2.75) is 19.4 Å².